The van der Waals surface area contributed by atoms with E-state index in [1.165, 1.54) is 0 Å². The van der Waals surface area contributed by atoms with Gasteiger partial charge in [-0.2, -0.15) is 0 Å². The number of guanidine groups is 1. The summed E-state index contributed by atoms with van der Waals surface area (Å²) in [6, 6.07) is -0.0267. The predicted molar refractivity (Wildman–Crippen MR) is 96.9 cm³/mol. The van der Waals surface area contributed by atoms with Crippen LogP contribution in [0.4, 0.5) is 4.79 Å². The first-order chi connectivity index (χ1) is 10.6. The number of hydrogen-bond acceptors (Lipinski definition) is 3. The van der Waals surface area contributed by atoms with Crippen molar-refractivity contribution in [2.24, 2.45) is 10.9 Å². The molecule has 136 valence electrons. The lowest BCUT2D eigenvalue weighted by atomic mass is 10.0. The number of carbonyl (C=O) groups excluding carboxylic acids is 1. The molecule has 6 nitrogen and oxygen atoms in total. The summed E-state index contributed by atoms with van der Waals surface area (Å²) in [4.78, 5) is 18.4. The summed E-state index contributed by atoms with van der Waals surface area (Å²) in [7, 11) is 3.80. The van der Waals surface area contributed by atoms with E-state index in [4.69, 9.17) is 4.74 Å². The van der Waals surface area contributed by atoms with Gasteiger partial charge < -0.3 is 20.3 Å². The highest BCUT2D eigenvalue weighted by Gasteiger charge is 2.21. The second-order valence-electron chi connectivity index (χ2n) is 7.20. The van der Waals surface area contributed by atoms with E-state index < -0.39 is 5.60 Å². The van der Waals surface area contributed by atoms with Gasteiger partial charge in [-0.25, -0.2) is 4.79 Å². The van der Waals surface area contributed by atoms with Crippen LogP contribution in [-0.2, 0) is 4.74 Å². The van der Waals surface area contributed by atoms with Gasteiger partial charge in [0, 0.05) is 27.2 Å². The fourth-order valence-electron chi connectivity index (χ4n) is 2.00. The minimum absolute atomic E-state index is 0.0267. The Balaban J connectivity index is 4.55. The van der Waals surface area contributed by atoms with Gasteiger partial charge in [-0.1, -0.05) is 27.2 Å². The van der Waals surface area contributed by atoms with Crippen LogP contribution in [-0.4, -0.2) is 55.8 Å². The first-order valence-corrected chi connectivity index (χ1v) is 8.52. The van der Waals surface area contributed by atoms with Crippen LogP contribution in [0.15, 0.2) is 4.99 Å². The molecule has 0 aliphatic carbocycles. The number of nitrogens with zero attached hydrogens (tertiary/aromatic N) is 2. The van der Waals surface area contributed by atoms with E-state index in [0.717, 1.165) is 25.3 Å². The second kappa shape index (κ2) is 10.3. The molecule has 2 N–H and O–H groups in total. The Morgan fingerprint density at radius 3 is 2.35 bits per heavy atom. The highest BCUT2D eigenvalue weighted by atomic mass is 16.6. The zero-order valence-electron chi connectivity index (χ0n) is 16.2. The zero-order valence-corrected chi connectivity index (χ0v) is 16.2. The Hall–Kier alpha value is -1.46. The molecule has 1 amide bonds. The lowest BCUT2D eigenvalue weighted by Crippen LogP contribution is -2.50. The van der Waals surface area contributed by atoms with Gasteiger partial charge in [0.1, 0.15) is 5.60 Å². The largest absolute Gasteiger partial charge is 0.444 e. The van der Waals surface area contributed by atoms with Crippen LogP contribution in [0.1, 0.15) is 54.4 Å². The highest BCUT2D eigenvalue weighted by molar-refractivity contribution is 5.79. The Bertz CT molecular complexity index is 375. The number of rotatable bonds is 7. The van der Waals surface area contributed by atoms with E-state index in [2.05, 4.69) is 41.3 Å². The van der Waals surface area contributed by atoms with Crippen LogP contribution in [0.3, 0.4) is 0 Å². The quantitative estimate of drug-likeness (QED) is 0.557. The van der Waals surface area contributed by atoms with Crippen molar-refractivity contribution in [3.63, 3.8) is 0 Å². The molecule has 0 aromatic rings. The average Bonchev–Trinajstić information content (AvgIpc) is 2.42. The fourth-order valence-corrected chi connectivity index (χ4v) is 2.00. The van der Waals surface area contributed by atoms with Crippen molar-refractivity contribution in [3.05, 3.63) is 0 Å². The lowest BCUT2D eigenvalue weighted by Gasteiger charge is -2.28. The number of hydrogen-bond donors (Lipinski definition) is 2. The molecule has 0 rings (SSSR count). The van der Waals surface area contributed by atoms with Gasteiger partial charge in [0.25, 0.3) is 0 Å². The van der Waals surface area contributed by atoms with E-state index in [-0.39, 0.29) is 18.1 Å². The van der Waals surface area contributed by atoms with Crippen molar-refractivity contribution < 1.29 is 9.53 Å². The summed E-state index contributed by atoms with van der Waals surface area (Å²) in [5, 5.41) is 6.27. The number of nitrogens with one attached hydrogen (secondary N) is 2. The second-order valence-corrected chi connectivity index (χ2v) is 7.20. The topological polar surface area (TPSA) is 66.0 Å². The van der Waals surface area contributed by atoms with Crippen molar-refractivity contribution in [3.8, 4) is 0 Å². The van der Waals surface area contributed by atoms with E-state index in [1.807, 2.05) is 27.8 Å². The van der Waals surface area contributed by atoms with E-state index in [9.17, 15) is 4.79 Å². The van der Waals surface area contributed by atoms with Crippen LogP contribution in [0.2, 0.25) is 0 Å². The third kappa shape index (κ3) is 10.0. The average molecular weight is 329 g/mol. The first-order valence-electron chi connectivity index (χ1n) is 8.52. The van der Waals surface area contributed by atoms with Crippen molar-refractivity contribution >= 4 is 12.1 Å². The summed E-state index contributed by atoms with van der Waals surface area (Å²) < 4.78 is 5.33. The maximum Gasteiger partial charge on any atom is 0.407 e. The van der Waals surface area contributed by atoms with Gasteiger partial charge in [-0.15, -0.1) is 0 Å². The van der Waals surface area contributed by atoms with Gasteiger partial charge in [-0.3, -0.25) is 4.99 Å². The fraction of sp³-hybridized carbons (Fsp3) is 0.882. The van der Waals surface area contributed by atoms with Crippen LogP contribution >= 0.6 is 0 Å². The normalized spacial score (nSPS) is 13.7. The molecular formula is C17H36N4O2. The number of aliphatic imine (C=N–C) groups is 1. The Morgan fingerprint density at radius 1 is 1.30 bits per heavy atom. The number of carbonyl (C=O) groups is 1. The number of alkyl carbamates (subject to hydrolysis) is 1. The van der Waals surface area contributed by atoms with Crippen molar-refractivity contribution in [1.82, 2.24) is 15.5 Å². The standard InChI is InChI=1S/C17H36N4O2/c1-9-10-11-21(8)15(18-7)19-12-14(13(2)3)20-16(22)23-17(4,5)6/h13-14H,9-12H2,1-8H3,(H,18,19)(H,20,22). The van der Waals surface area contributed by atoms with Crippen LogP contribution < -0.4 is 10.6 Å². The number of unbranched alkanes of at least 4 members (excludes halogenated alkanes) is 1. The van der Waals surface area contributed by atoms with Crippen molar-refractivity contribution in [2.45, 2.75) is 66.0 Å². The smallest absolute Gasteiger partial charge is 0.407 e. The van der Waals surface area contributed by atoms with Gasteiger partial charge in [0.2, 0.25) is 0 Å². The molecule has 0 aliphatic rings. The van der Waals surface area contributed by atoms with Crippen LogP contribution in [0.5, 0.6) is 0 Å². The molecular weight excluding hydrogens is 292 g/mol. The molecule has 6 heteroatoms. The molecule has 0 radical (unpaired) electrons. The van der Waals surface area contributed by atoms with E-state index in [1.54, 1.807) is 7.05 Å². The Labute approximate surface area is 142 Å². The summed E-state index contributed by atoms with van der Waals surface area (Å²) in [6.45, 7) is 13.5. The summed E-state index contributed by atoms with van der Waals surface area (Å²) in [5.41, 5.74) is -0.491. The van der Waals surface area contributed by atoms with Crippen LogP contribution in [0, 0.1) is 5.92 Å². The molecule has 0 saturated carbocycles. The SMILES string of the molecule is CCCCN(C)C(=NC)NCC(NC(=O)OC(C)(C)C)C(C)C. The Kier molecular flexibility index (Phi) is 9.68. The summed E-state index contributed by atoms with van der Waals surface area (Å²) >= 11 is 0. The molecule has 0 bridgehead atoms. The molecule has 0 heterocycles. The summed E-state index contributed by atoms with van der Waals surface area (Å²) in [6.07, 6.45) is 1.89. The molecule has 0 aromatic heterocycles. The van der Waals surface area contributed by atoms with Crippen molar-refractivity contribution in [1.29, 1.82) is 0 Å². The molecule has 1 atom stereocenters. The maximum absolute atomic E-state index is 12.0. The Morgan fingerprint density at radius 2 is 1.91 bits per heavy atom. The highest BCUT2D eigenvalue weighted by Crippen LogP contribution is 2.08. The molecule has 23 heavy (non-hydrogen) atoms. The molecule has 1 unspecified atom stereocenters. The third-order valence-corrected chi connectivity index (χ3v) is 3.41. The first kappa shape index (κ1) is 21.5. The van der Waals surface area contributed by atoms with E-state index in [0.29, 0.717) is 6.54 Å². The van der Waals surface area contributed by atoms with Gasteiger partial charge in [-0.05, 0) is 33.1 Å². The molecule has 0 aliphatic heterocycles. The number of ether oxygens (including phenoxy) is 1. The summed E-state index contributed by atoms with van der Waals surface area (Å²) in [5.74, 6) is 1.13. The van der Waals surface area contributed by atoms with E-state index >= 15 is 0 Å². The van der Waals surface area contributed by atoms with Gasteiger partial charge in [0.05, 0.1) is 6.04 Å². The van der Waals surface area contributed by atoms with Crippen molar-refractivity contribution in [2.75, 3.05) is 27.2 Å². The predicted octanol–water partition coefficient (Wildman–Crippen LogP) is 2.84. The minimum atomic E-state index is -0.491. The van der Waals surface area contributed by atoms with Gasteiger partial charge in [0.15, 0.2) is 5.96 Å². The minimum Gasteiger partial charge on any atom is -0.444 e. The third-order valence-electron chi connectivity index (χ3n) is 3.41. The molecule has 0 fully saturated rings. The zero-order chi connectivity index (χ0) is 18.0. The molecule has 0 spiro atoms. The molecule has 0 aromatic carbocycles. The van der Waals surface area contributed by atoms with Crippen LogP contribution in [0.25, 0.3) is 0 Å². The van der Waals surface area contributed by atoms with Gasteiger partial charge >= 0.3 is 6.09 Å². The maximum atomic E-state index is 12.0. The molecule has 0 saturated heterocycles. The lowest BCUT2D eigenvalue weighted by molar-refractivity contribution is 0.0491. The monoisotopic (exact) mass is 328 g/mol. The number of amides is 1.